The molecule has 4 aromatic rings. The zero-order chi connectivity index (χ0) is 25.3. The lowest BCUT2D eigenvalue weighted by Crippen LogP contribution is -2.28. The number of sulfone groups is 1. The third kappa shape index (κ3) is 4.90. The Labute approximate surface area is 200 Å². The predicted molar refractivity (Wildman–Crippen MR) is 128 cm³/mol. The van der Waals surface area contributed by atoms with Crippen LogP contribution in [0.15, 0.2) is 53.5 Å². The van der Waals surface area contributed by atoms with Crippen molar-refractivity contribution in [1.29, 1.82) is 0 Å². The third-order valence-corrected chi connectivity index (χ3v) is 6.38. The number of nitrogens with one attached hydrogen (secondary N) is 1. The van der Waals surface area contributed by atoms with E-state index in [2.05, 4.69) is 9.97 Å². The molecule has 8 nitrogen and oxygen atoms in total. The van der Waals surface area contributed by atoms with E-state index in [9.17, 15) is 22.0 Å². The summed E-state index contributed by atoms with van der Waals surface area (Å²) < 4.78 is 64.8. The molecule has 0 radical (unpaired) electrons. The lowest BCUT2D eigenvalue weighted by atomic mass is 10.1. The summed E-state index contributed by atoms with van der Waals surface area (Å²) in [6, 6.07) is 9.20. The molecule has 0 saturated carbocycles. The Morgan fingerprint density at radius 3 is 2.60 bits per heavy atom. The highest BCUT2D eigenvalue weighted by Crippen LogP contribution is 2.33. The number of aromatic nitrogens is 3. The van der Waals surface area contributed by atoms with Crippen LogP contribution >= 0.6 is 0 Å². The number of hydrogen-bond donors (Lipinski definition) is 1. The van der Waals surface area contributed by atoms with Gasteiger partial charge in [-0.2, -0.15) is 0 Å². The Balaban J connectivity index is 1.89. The molecule has 11 heteroatoms. The van der Waals surface area contributed by atoms with Crippen LogP contribution in [0.4, 0.5) is 8.78 Å². The second kappa shape index (κ2) is 9.49. The van der Waals surface area contributed by atoms with Crippen LogP contribution in [0.5, 0.6) is 11.5 Å². The Kier molecular flexibility index (Phi) is 6.62. The minimum absolute atomic E-state index is 0.0165. The molecule has 2 aromatic carbocycles. The fraction of sp³-hybridized carbons (Fsp3) is 0.250. The fourth-order valence-corrected chi connectivity index (χ4v) is 4.87. The van der Waals surface area contributed by atoms with Gasteiger partial charge < -0.3 is 14.5 Å². The van der Waals surface area contributed by atoms with Crippen LogP contribution in [0.2, 0.25) is 0 Å². The molecular formula is C24H23F2N3O5S. The van der Waals surface area contributed by atoms with E-state index < -0.39 is 33.2 Å². The molecule has 184 valence electrons. The smallest absolute Gasteiger partial charge is 0.328 e. The normalized spacial score (nSPS) is 12.6. The lowest BCUT2D eigenvalue weighted by Gasteiger charge is -2.20. The predicted octanol–water partition coefficient (Wildman–Crippen LogP) is 3.71. The van der Waals surface area contributed by atoms with E-state index in [-0.39, 0.29) is 28.0 Å². The second-order valence-electron chi connectivity index (χ2n) is 7.95. The van der Waals surface area contributed by atoms with Crippen LogP contribution in [0.1, 0.15) is 18.5 Å². The monoisotopic (exact) mass is 503 g/mol. The zero-order valence-electron chi connectivity index (χ0n) is 19.2. The Morgan fingerprint density at radius 1 is 1.14 bits per heavy atom. The molecule has 0 saturated heterocycles. The van der Waals surface area contributed by atoms with Gasteiger partial charge in [0.25, 0.3) is 0 Å². The topological polar surface area (TPSA) is 103 Å². The van der Waals surface area contributed by atoms with Gasteiger partial charge in [0.1, 0.15) is 9.84 Å². The maximum absolute atomic E-state index is 14.3. The first-order chi connectivity index (χ1) is 16.6. The highest BCUT2D eigenvalue weighted by atomic mass is 32.2. The molecule has 0 amide bonds. The molecule has 35 heavy (non-hydrogen) atoms. The Morgan fingerprint density at radius 2 is 1.91 bits per heavy atom. The van der Waals surface area contributed by atoms with Gasteiger partial charge >= 0.3 is 5.69 Å². The van der Waals surface area contributed by atoms with Crippen molar-refractivity contribution in [3.05, 3.63) is 76.3 Å². The quantitative estimate of drug-likeness (QED) is 0.393. The van der Waals surface area contributed by atoms with Gasteiger partial charge in [0.05, 0.1) is 31.0 Å². The van der Waals surface area contributed by atoms with E-state index in [0.717, 1.165) is 12.3 Å². The maximum Gasteiger partial charge on any atom is 0.328 e. The fourth-order valence-electron chi connectivity index (χ4n) is 3.95. The summed E-state index contributed by atoms with van der Waals surface area (Å²) in [6.45, 7) is 2.15. The molecule has 2 aromatic heterocycles. The molecule has 0 fully saturated rings. The number of hydrogen-bond acceptors (Lipinski definition) is 6. The van der Waals surface area contributed by atoms with E-state index in [0.29, 0.717) is 23.7 Å². The Bertz CT molecular complexity index is 1560. The standard InChI is InChI=1S/C24H23F2N3O5S/c1-4-34-21-11-14(8-9-20(21)33-2)19(13-35(3,31)32)29-23-18(28-24(29)30)10-15(12-27-23)16-6-5-7-17(25)22(16)26/h5-12,19H,4,13H2,1-3H3,(H,28,30)/t19-/m1/s1. The van der Waals surface area contributed by atoms with Gasteiger partial charge in [-0.3, -0.25) is 4.57 Å². The van der Waals surface area contributed by atoms with Crippen LogP contribution in [-0.2, 0) is 9.84 Å². The molecular weight excluding hydrogens is 480 g/mol. The van der Waals surface area contributed by atoms with E-state index in [1.54, 1.807) is 25.1 Å². The van der Waals surface area contributed by atoms with Crippen molar-refractivity contribution in [3.8, 4) is 22.6 Å². The van der Waals surface area contributed by atoms with Crippen LogP contribution < -0.4 is 15.2 Å². The van der Waals surface area contributed by atoms with Crippen LogP contribution in [-0.4, -0.2) is 48.7 Å². The van der Waals surface area contributed by atoms with Gasteiger partial charge in [-0.05, 0) is 36.8 Å². The van der Waals surface area contributed by atoms with Gasteiger partial charge in [-0.15, -0.1) is 0 Å². The summed E-state index contributed by atoms with van der Waals surface area (Å²) in [5.74, 6) is -1.58. The minimum Gasteiger partial charge on any atom is -0.493 e. The summed E-state index contributed by atoms with van der Waals surface area (Å²) in [5.41, 5.74) is 0.533. The number of H-pyrrole nitrogens is 1. The number of rotatable bonds is 8. The molecule has 1 N–H and O–H groups in total. The summed E-state index contributed by atoms with van der Waals surface area (Å²) in [7, 11) is -2.07. The van der Waals surface area contributed by atoms with Gasteiger partial charge in [0.15, 0.2) is 28.8 Å². The third-order valence-electron chi connectivity index (χ3n) is 5.46. The number of fused-ring (bicyclic) bond motifs is 1. The average molecular weight is 504 g/mol. The number of halogens is 2. The molecule has 0 spiro atoms. The summed E-state index contributed by atoms with van der Waals surface area (Å²) in [4.78, 5) is 20.0. The van der Waals surface area contributed by atoms with Crippen molar-refractivity contribution < 1.29 is 26.7 Å². The molecule has 0 aliphatic rings. The van der Waals surface area contributed by atoms with Crippen molar-refractivity contribution in [3.63, 3.8) is 0 Å². The average Bonchev–Trinajstić information content (AvgIpc) is 3.13. The van der Waals surface area contributed by atoms with E-state index in [4.69, 9.17) is 9.47 Å². The summed E-state index contributed by atoms with van der Waals surface area (Å²) in [5, 5.41) is 0. The first-order valence-corrected chi connectivity index (χ1v) is 12.7. The summed E-state index contributed by atoms with van der Waals surface area (Å²) >= 11 is 0. The first-order valence-electron chi connectivity index (χ1n) is 10.7. The van der Waals surface area contributed by atoms with E-state index in [1.165, 1.54) is 36.1 Å². The van der Waals surface area contributed by atoms with Crippen LogP contribution in [0.25, 0.3) is 22.3 Å². The maximum atomic E-state index is 14.3. The molecule has 0 unspecified atom stereocenters. The number of methoxy groups -OCH3 is 1. The van der Waals surface area contributed by atoms with Crippen LogP contribution in [0, 0.1) is 11.6 Å². The van der Waals surface area contributed by atoms with Gasteiger partial charge in [0.2, 0.25) is 0 Å². The van der Waals surface area contributed by atoms with Crippen molar-refractivity contribution in [1.82, 2.24) is 14.5 Å². The SMILES string of the molecule is CCOc1cc([C@@H](CS(C)(=O)=O)n2c(=O)[nH]c3cc(-c4cccc(F)c4F)cnc32)ccc1OC. The number of benzene rings is 2. The minimum atomic E-state index is -3.55. The number of nitrogens with zero attached hydrogens (tertiary/aromatic N) is 2. The van der Waals surface area contributed by atoms with Crippen LogP contribution in [0.3, 0.4) is 0 Å². The van der Waals surface area contributed by atoms with E-state index in [1.807, 2.05) is 0 Å². The molecule has 0 aliphatic heterocycles. The molecule has 4 rings (SSSR count). The largest absolute Gasteiger partial charge is 0.493 e. The molecule has 2 heterocycles. The van der Waals surface area contributed by atoms with Gasteiger partial charge in [0, 0.05) is 23.6 Å². The highest BCUT2D eigenvalue weighted by Gasteiger charge is 2.26. The van der Waals surface area contributed by atoms with Crippen molar-refractivity contribution >= 4 is 21.0 Å². The van der Waals surface area contributed by atoms with Crippen molar-refractivity contribution in [2.75, 3.05) is 25.7 Å². The Hall–Kier alpha value is -3.73. The number of ether oxygens (including phenoxy) is 2. The highest BCUT2D eigenvalue weighted by molar-refractivity contribution is 7.90. The molecule has 0 aliphatic carbocycles. The number of imidazole rings is 1. The van der Waals surface area contributed by atoms with Gasteiger partial charge in [-0.1, -0.05) is 18.2 Å². The lowest BCUT2D eigenvalue weighted by molar-refractivity contribution is 0.310. The van der Waals surface area contributed by atoms with Crippen molar-refractivity contribution in [2.45, 2.75) is 13.0 Å². The molecule has 0 bridgehead atoms. The number of aromatic amines is 1. The zero-order valence-corrected chi connectivity index (χ0v) is 20.0. The second-order valence-corrected chi connectivity index (χ2v) is 10.1. The summed E-state index contributed by atoms with van der Waals surface area (Å²) in [6.07, 6.45) is 2.38. The van der Waals surface area contributed by atoms with Crippen molar-refractivity contribution in [2.24, 2.45) is 0 Å². The number of pyridine rings is 1. The van der Waals surface area contributed by atoms with Gasteiger partial charge in [-0.25, -0.2) is 27.0 Å². The van der Waals surface area contributed by atoms with E-state index >= 15 is 0 Å². The molecule has 1 atom stereocenters. The first kappa shape index (κ1) is 24.4.